The topological polar surface area (TPSA) is 55.1 Å². The van der Waals surface area contributed by atoms with E-state index in [0.29, 0.717) is 24.8 Å². The van der Waals surface area contributed by atoms with Gasteiger partial charge < -0.3 is 11.1 Å². The van der Waals surface area contributed by atoms with E-state index < -0.39 is 0 Å². The Morgan fingerprint density at radius 1 is 1.50 bits per heavy atom. The van der Waals surface area contributed by atoms with E-state index in [4.69, 9.17) is 5.73 Å². The van der Waals surface area contributed by atoms with E-state index >= 15 is 0 Å². The lowest BCUT2D eigenvalue weighted by molar-refractivity contribution is -0.122. The lowest BCUT2D eigenvalue weighted by Crippen LogP contribution is -2.32. The van der Waals surface area contributed by atoms with E-state index in [0.717, 1.165) is 18.9 Å². The van der Waals surface area contributed by atoms with Crippen LogP contribution in [0.1, 0.15) is 46.0 Å². The van der Waals surface area contributed by atoms with Crippen molar-refractivity contribution < 1.29 is 4.79 Å². The molecule has 0 saturated heterocycles. The highest BCUT2D eigenvalue weighted by Crippen LogP contribution is 2.30. The van der Waals surface area contributed by atoms with Gasteiger partial charge in [-0.1, -0.05) is 33.1 Å². The van der Waals surface area contributed by atoms with Crippen molar-refractivity contribution in [1.29, 1.82) is 0 Å². The van der Waals surface area contributed by atoms with Crippen LogP contribution in [0.5, 0.6) is 0 Å². The molecule has 3 heteroatoms. The summed E-state index contributed by atoms with van der Waals surface area (Å²) in [5, 5.41) is 3.06. The Kier molecular flexibility index (Phi) is 5.81. The third-order valence-electron chi connectivity index (χ3n) is 3.99. The number of carbonyl (C=O) groups excluding carboxylic acids is 1. The largest absolute Gasteiger partial charge is 0.356 e. The van der Waals surface area contributed by atoms with Crippen molar-refractivity contribution in [2.24, 2.45) is 23.5 Å². The molecule has 0 aromatic carbocycles. The fourth-order valence-electron chi connectivity index (χ4n) is 2.50. The second-order valence-corrected chi connectivity index (χ2v) is 5.19. The monoisotopic (exact) mass is 226 g/mol. The fourth-order valence-corrected chi connectivity index (χ4v) is 2.50. The van der Waals surface area contributed by atoms with E-state index in [9.17, 15) is 4.79 Å². The minimum Gasteiger partial charge on any atom is -0.356 e. The summed E-state index contributed by atoms with van der Waals surface area (Å²) in [6.45, 7) is 5.85. The molecule has 1 amide bonds. The molecule has 3 N–H and O–H groups in total. The molecule has 1 fully saturated rings. The smallest absolute Gasteiger partial charge is 0.220 e. The molecule has 0 aromatic rings. The van der Waals surface area contributed by atoms with Crippen molar-refractivity contribution in [3.63, 3.8) is 0 Å². The SMILES string of the molecule is CCC(CN)CC(=O)NCC1CCCC1C. The predicted molar refractivity (Wildman–Crippen MR) is 67.0 cm³/mol. The van der Waals surface area contributed by atoms with Crippen molar-refractivity contribution in [1.82, 2.24) is 5.32 Å². The molecule has 0 radical (unpaired) electrons. The summed E-state index contributed by atoms with van der Waals surface area (Å²) in [6, 6.07) is 0. The molecular formula is C13H26N2O. The number of carbonyl (C=O) groups is 1. The van der Waals surface area contributed by atoms with Crippen molar-refractivity contribution in [2.75, 3.05) is 13.1 Å². The molecule has 0 heterocycles. The number of nitrogens with two attached hydrogens (primary N) is 1. The standard InChI is InChI=1S/C13H26N2O/c1-3-11(8-14)7-13(16)15-9-12-6-4-5-10(12)2/h10-12H,3-9,14H2,1-2H3,(H,15,16). The molecule has 0 bridgehead atoms. The van der Waals surface area contributed by atoms with Crippen LogP contribution in [0.25, 0.3) is 0 Å². The van der Waals surface area contributed by atoms with Crippen molar-refractivity contribution in [3.8, 4) is 0 Å². The lowest BCUT2D eigenvalue weighted by atomic mass is 9.97. The zero-order valence-electron chi connectivity index (χ0n) is 10.7. The van der Waals surface area contributed by atoms with Crippen LogP contribution >= 0.6 is 0 Å². The third kappa shape index (κ3) is 4.12. The molecule has 0 spiro atoms. The number of nitrogens with one attached hydrogen (secondary N) is 1. The average Bonchev–Trinajstić information content (AvgIpc) is 2.69. The first-order valence-electron chi connectivity index (χ1n) is 6.64. The highest BCUT2D eigenvalue weighted by atomic mass is 16.1. The molecule has 1 saturated carbocycles. The fraction of sp³-hybridized carbons (Fsp3) is 0.923. The lowest BCUT2D eigenvalue weighted by Gasteiger charge is -2.17. The Labute approximate surface area is 99.2 Å². The van der Waals surface area contributed by atoms with Crippen LogP contribution in [0, 0.1) is 17.8 Å². The second-order valence-electron chi connectivity index (χ2n) is 5.19. The van der Waals surface area contributed by atoms with Crippen molar-refractivity contribution in [2.45, 2.75) is 46.0 Å². The van der Waals surface area contributed by atoms with Crippen LogP contribution in [0.15, 0.2) is 0 Å². The summed E-state index contributed by atoms with van der Waals surface area (Å²) < 4.78 is 0. The van der Waals surface area contributed by atoms with Gasteiger partial charge in [0.1, 0.15) is 0 Å². The Morgan fingerprint density at radius 3 is 2.75 bits per heavy atom. The molecule has 94 valence electrons. The highest BCUT2D eigenvalue weighted by Gasteiger charge is 2.23. The Bertz CT molecular complexity index is 214. The maximum atomic E-state index is 11.7. The van der Waals surface area contributed by atoms with Gasteiger partial charge in [-0.2, -0.15) is 0 Å². The summed E-state index contributed by atoms with van der Waals surface area (Å²) in [5.74, 6) is 2.00. The van der Waals surface area contributed by atoms with Gasteiger partial charge in [0, 0.05) is 13.0 Å². The number of hydrogen-bond donors (Lipinski definition) is 2. The summed E-state index contributed by atoms with van der Waals surface area (Å²) >= 11 is 0. The van der Waals surface area contributed by atoms with E-state index in [1.165, 1.54) is 19.3 Å². The summed E-state index contributed by atoms with van der Waals surface area (Å²) in [6.07, 6.45) is 5.50. The molecule has 1 aliphatic carbocycles. The van der Waals surface area contributed by atoms with Crippen molar-refractivity contribution in [3.05, 3.63) is 0 Å². The first kappa shape index (κ1) is 13.5. The molecule has 3 atom stereocenters. The number of amides is 1. The Balaban J connectivity index is 2.19. The van der Waals surface area contributed by atoms with E-state index in [2.05, 4.69) is 19.2 Å². The Morgan fingerprint density at radius 2 is 2.25 bits per heavy atom. The van der Waals surface area contributed by atoms with Crippen LogP contribution in [-0.2, 0) is 4.79 Å². The van der Waals surface area contributed by atoms with Gasteiger partial charge in [-0.25, -0.2) is 0 Å². The Hall–Kier alpha value is -0.570. The minimum absolute atomic E-state index is 0.177. The van der Waals surface area contributed by atoms with E-state index in [1.807, 2.05) is 0 Å². The molecule has 1 aliphatic rings. The first-order valence-corrected chi connectivity index (χ1v) is 6.64. The van der Waals surface area contributed by atoms with Gasteiger partial charge in [0.15, 0.2) is 0 Å². The number of hydrogen-bond acceptors (Lipinski definition) is 2. The van der Waals surface area contributed by atoms with Crippen molar-refractivity contribution >= 4 is 5.91 Å². The molecular weight excluding hydrogens is 200 g/mol. The van der Waals surface area contributed by atoms with Crippen LogP contribution in [0.2, 0.25) is 0 Å². The molecule has 3 unspecified atom stereocenters. The van der Waals surface area contributed by atoms with Crippen LogP contribution in [0.3, 0.4) is 0 Å². The van der Waals surface area contributed by atoms with Crippen LogP contribution in [0.4, 0.5) is 0 Å². The zero-order valence-corrected chi connectivity index (χ0v) is 10.7. The van der Waals surface area contributed by atoms with Gasteiger partial charge in [0.2, 0.25) is 5.91 Å². The minimum atomic E-state index is 0.177. The van der Waals surface area contributed by atoms with Gasteiger partial charge in [-0.05, 0) is 30.7 Å². The molecule has 3 nitrogen and oxygen atoms in total. The number of rotatable bonds is 6. The molecule has 16 heavy (non-hydrogen) atoms. The highest BCUT2D eigenvalue weighted by molar-refractivity contribution is 5.76. The second kappa shape index (κ2) is 6.89. The summed E-state index contributed by atoms with van der Waals surface area (Å²) in [7, 11) is 0. The van der Waals surface area contributed by atoms with E-state index in [1.54, 1.807) is 0 Å². The normalized spacial score (nSPS) is 26.7. The predicted octanol–water partition coefficient (Wildman–Crippen LogP) is 1.91. The van der Waals surface area contributed by atoms with Gasteiger partial charge in [-0.15, -0.1) is 0 Å². The summed E-state index contributed by atoms with van der Waals surface area (Å²) in [5.41, 5.74) is 5.59. The van der Waals surface area contributed by atoms with Gasteiger partial charge in [-0.3, -0.25) is 4.79 Å². The maximum absolute atomic E-state index is 11.7. The van der Waals surface area contributed by atoms with E-state index in [-0.39, 0.29) is 5.91 Å². The molecule has 0 aliphatic heterocycles. The average molecular weight is 226 g/mol. The van der Waals surface area contributed by atoms with Gasteiger partial charge >= 0.3 is 0 Å². The molecule has 0 aromatic heterocycles. The molecule has 1 rings (SSSR count). The van der Waals surface area contributed by atoms with Gasteiger partial charge in [0.25, 0.3) is 0 Å². The summed E-state index contributed by atoms with van der Waals surface area (Å²) in [4.78, 5) is 11.7. The van der Waals surface area contributed by atoms with Gasteiger partial charge in [0.05, 0.1) is 0 Å². The maximum Gasteiger partial charge on any atom is 0.220 e. The quantitative estimate of drug-likeness (QED) is 0.727. The third-order valence-corrected chi connectivity index (χ3v) is 3.99. The zero-order chi connectivity index (χ0) is 12.0. The van der Waals surface area contributed by atoms with Crippen LogP contribution in [-0.4, -0.2) is 19.0 Å². The van der Waals surface area contributed by atoms with Crippen LogP contribution < -0.4 is 11.1 Å². The first-order chi connectivity index (χ1) is 7.67.